The van der Waals surface area contributed by atoms with Crippen LogP contribution in [0.15, 0.2) is 18.3 Å². The van der Waals surface area contributed by atoms with E-state index in [4.69, 9.17) is 23.2 Å². The van der Waals surface area contributed by atoms with E-state index in [1.807, 2.05) is 18.5 Å². The molecule has 0 bridgehead atoms. The lowest BCUT2D eigenvalue weighted by Crippen LogP contribution is -2.09. The van der Waals surface area contributed by atoms with Crippen LogP contribution >= 0.6 is 23.2 Å². The van der Waals surface area contributed by atoms with Crippen LogP contribution in [-0.2, 0) is 19.4 Å². The third-order valence-electron chi connectivity index (χ3n) is 3.17. The summed E-state index contributed by atoms with van der Waals surface area (Å²) in [5, 5.41) is 15.9. The van der Waals surface area contributed by atoms with Crippen molar-refractivity contribution in [1.82, 2.24) is 14.8 Å². The zero-order valence-electron chi connectivity index (χ0n) is 11.5. The van der Waals surface area contributed by atoms with E-state index in [-0.39, 0.29) is 0 Å². The Morgan fingerprint density at radius 1 is 1.30 bits per heavy atom. The highest BCUT2D eigenvalue weighted by Crippen LogP contribution is 2.26. The third kappa shape index (κ3) is 3.14. The van der Waals surface area contributed by atoms with E-state index in [2.05, 4.69) is 10.1 Å². The molecule has 0 spiro atoms. The van der Waals surface area contributed by atoms with E-state index >= 15 is 0 Å². The Kier molecular flexibility index (Phi) is 5.02. The Hall–Kier alpha value is -1.10. The topological polar surface area (TPSA) is 50.9 Å². The minimum atomic E-state index is -0.725. The number of halogens is 2. The minimum Gasteiger partial charge on any atom is -0.386 e. The van der Waals surface area contributed by atoms with Crippen LogP contribution in [0.2, 0.25) is 10.0 Å². The molecule has 0 fully saturated rings. The van der Waals surface area contributed by atoms with Gasteiger partial charge in [-0.15, -0.1) is 0 Å². The van der Waals surface area contributed by atoms with Crippen LogP contribution in [0.5, 0.6) is 0 Å². The highest BCUT2D eigenvalue weighted by atomic mass is 35.5. The number of aromatic nitrogens is 3. The van der Waals surface area contributed by atoms with Gasteiger partial charge < -0.3 is 5.11 Å². The first-order valence-corrected chi connectivity index (χ1v) is 7.35. The molecular weight excluding hydrogens is 297 g/mol. The lowest BCUT2D eigenvalue weighted by Gasteiger charge is -2.11. The zero-order valence-corrected chi connectivity index (χ0v) is 13.0. The van der Waals surface area contributed by atoms with Gasteiger partial charge in [0.25, 0.3) is 0 Å². The molecule has 4 nitrogen and oxygen atoms in total. The van der Waals surface area contributed by atoms with Gasteiger partial charge in [0.1, 0.15) is 6.10 Å². The van der Waals surface area contributed by atoms with E-state index < -0.39 is 6.10 Å². The van der Waals surface area contributed by atoms with Crippen LogP contribution < -0.4 is 0 Å². The normalized spacial score (nSPS) is 12.7. The molecule has 0 amide bonds. The van der Waals surface area contributed by atoms with Gasteiger partial charge in [0.2, 0.25) is 0 Å². The molecule has 6 heteroatoms. The first-order valence-electron chi connectivity index (χ1n) is 6.60. The predicted molar refractivity (Wildman–Crippen MR) is 80.2 cm³/mol. The summed E-state index contributed by atoms with van der Waals surface area (Å²) in [4.78, 5) is 4.13. The largest absolute Gasteiger partial charge is 0.386 e. The summed E-state index contributed by atoms with van der Waals surface area (Å²) in [5.74, 6) is 0. The van der Waals surface area contributed by atoms with Crippen LogP contribution in [0.1, 0.15) is 37.0 Å². The first kappa shape index (κ1) is 15.3. The summed E-state index contributed by atoms with van der Waals surface area (Å²) in [6.45, 7) is 4.73. The van der Waals surface area contributed by atoms with Crippen molar-refractivity contribution < 1.29 is 5.11 Å². The second kappa shape index (κ2) is 6.57. The lowest BCUT2D eigenvalue weighted by molar-refractivity contribution is 0.170. The smallest absolute Gasteiger partial charge is 0.101 e. The van der Waals surface area contributed by atoms with Gasteiger partial charge in [-0.2, -0.15) is 5.10 Å². The van der Waals surface area contributed by atoms with Crippen molar-refractivity contribution >= 4 is 23.2 Å². The molecule has 20 heavy (non-hydrogen) atoms. The molecule has 0 radical (unpaired) electrons. The Morgan fingerprint density at radius 3 is 2.60 bits per heavy atom. The molecule has 2 rings (SSSR count). The zero-order chi connectivity index (χ0) is 14.7. The number of pyridine rings is 1. The van der Waals surface area contributed by atoms with Gasteiger partial charge in [-0.1, -0.05) is 30.1 Å². The highest BCUT2D eigenvalue weighted by Gasteiger charge is 2.19. The molecule has 2 heterocycles. The highest BCUT2D eigenvalue weighted by molar-refractivity contribution is 6.32. The van der Waals surface area contributed by atoms with Gasteiger partial charge in [-0.05, 0) is 25.5 Å². The van der Waals surface area contributed by atoms with Gasteiger partial charge in [-0.25, -0.2) is 0 Å². The predicted octanol–water partition coefficient (Wildman–Crippen LogP) is 3.44. The second-order valence-corrected chi connectivity index (χ2v) is 5.31. The molecule has 0 aliphatic heterocycles. The monoisotopic (exact) mass is 313 g/mol. The van der Waals surface area contributed by atoms with E-state index in [9.17, 15) is 5.11 Å². The molecule has 0 aromatic carbocycles. The average Bonchev–Trinajstić information content (AvgIpc) is 2.76. The molecular formula is C14H17Cl2N3O. The molecule has 108 valence electrons. The second-order valence-electron chi connectivity index (χ2n) is 4.50. The molecule has 2 aromatic heterocycles. The summed E-state index contributed by atoms with van der Waals surface area (Å²) in [6.07, 6.45) is 1.95. The van der Waals surface area contributed by atoms with Crippen molar-refractivity contribution in [3.8, 4) is 0 Å². The standard InChI is InChI=1S/C14H17Cl2N3O/c1-3-10-14(16)12(19(4-2)18-10)7-13(20)11-6-5-9(15)8-17-11/h5-6,8,13,20H,3-4,7H2,1-2H3. The summed E-state index contributed by atoms with van der Waals surface area (Å²) in [6, 6.07) is 3.43. The van der Waals surface area contributed by atoms with Gasteiger partial charge >= 0.3 is 0 Å². The van der Waals surface area contributed by atoms with E-state index in [0.29, 0.717) is 22.2 Å². The van der Waals surface area contributed by atoms with Crippen molar-refractivity contribution in [1.29, 1.82) is 0 Å². The molecule has 0 aliphatic carbocycles. The number of aryl methyl sites for hydroxylation is 2. The van der Waals surface area contributed by atoms with Crippen molar-refractivity contribution in [2.24, 2.45) is 0 Å². The fraction of sp³-hybridized carbons (Fsp3) is 0.429. The van der Waals surface area contributed by atoms with Crippen molar-refractivity contribution in [3.63, 3.8) is 0 Å². The number of rotatable bonds is 5. The summed E-state index contributed by atoms with van der Waals surface area (Å²) in [5.41, 5.74) is 2.28. The van der Waals surface area contributed by atoms with Crippen molar-refractivity contribution in [2.45, 2.75) is 39.3 Å². The number of nitrogens with zero attached hydrogens (tertiary/aromatic N) is 3. The average molecular weight is 314 g/mol. The van der Waals surface area contributed by atoms with Crippen LogP contribution in [0.25, 0.3) is 0 Å². The maximum atomic E-state index is 10.3. The van der Waals surface area contributed by atoms with Gasteiger partial charge in [0.05, 0.1) is 27.1 Å². The van der Waals surface area contributed by atoms with Gasteiger partial charge in [0, 0.05) is 19.2 Å². The molecule has 1 atom stereocenters. The fourth-order valence-corrected chi connectivity index (χ4v) is 2.54. The van der Waals surface area contributed by atoms with E-state index in [1.165, 1.54) is 6.20 Å². The molecule has 1 N–H and O–H groups in total. The summed E-state index contributed by atoms with van der Waals surface area (Å²) >= 11 is 12.1. The van der Waals surface area contributed by atoms with Crippen molar-refractivity contribution in [2.75, 3.05) is 0 Å². The SMILES string of the molecule is CCc1nn(CC)c(CC(O)c2ccc(Cl)cn2)c1Cl. The van der Waals surface area contributed by atoms with Gasteiger partial charge in [0.15, 0.2) is 0 Å². The Balaban J connectivity index is 2.25. The van der Waals surface area contributed by atoms with E-state index in [0.717, 1.165) is 24.4 Å². The number of hydrogen-bond donors (Lipinski definition) is 1. The van der Waals surface area contributed by atoms with Gasteiger partial charge in [-0.3, -0.25) is 9.67 Å². The van der Waals surface area contributed by atoms with Crippen molar-refractivity contribution in [3.05, 3.63) is 45.5 Å². The quantitative estimate of drug-likeness (QED) is 0.920. The number of hydrogen-bond acceptors (Lipinski definition) is 3. The summed E-state index contributed by atoms with van der Waals surface area (Å²) < 4.78 is 1.83. The molecule has 0 saturated carbocycles. The maximum Gasteiger partial charge on any atom is 0.101 e. The molecule has 1 unspecified atom stereocenters. The minimum absolute atomic E-state index is 0.383. The van der Waals surface area contributed by atoms with Crippen LogP contribution in [0.3, 0.4) is 0 Å². The van der Waals surface area contributed by atoms with Crippen LogP contribution in [0.4, 0.5) is 0 Å². The molecule has 0 aliphatic rings. The molecule has 0 saturated heterocycles. The Bertz CT molecular complexity index is 581. The van der Waals surface area contributed by atoms with Crippen LogP contribution in [0, 0.1) is 0 Å². The third-order valence-corrected chi connectivity index (χ3v) is 3.83. The Labute approximate surface area is 128 Å². The van der Waals surface area contributed by atoms with E-state index in [1.54, 1.807) is 12.1 Å². The fourth-order valence-electron chi connectivity index (χ4n) is 2.08. The lowest BCUT2D eigenvalue weighted by atomic mass is 10.1. The molecule has 2 aromatic rings. The number of aliphatic hydroxyl groups excluding tert-OH is 1. The van der Waals surface area contributed by atoms with Crippen LogP contribution in [-0.4, -0.2) is 19.9 Å². The summed E-state index contributed by atoms with van der Waals surface area (Å²) in [7, 11) is 0. The first-order chi connectivity index (χ1) is 9.56. The number of aliphatic hydroxyl groups is 1. The Morgan fingerprint density at radius 2 is 2.05 bits per heavy atom. The maximum absolute atomic E-state index is 10.3.